The molecule has 0 saturated carbocycles. The molecule has 0 bridgehead atoms. The summed E-state index contributed by atoms with van der Waals surface area (Å²) in [6.07, 6.45) is 0. The first-order chi connectivity index (χ1) is 8.18. The van der Waals surface area contributed by atoms with E-state index in [1.54, 1.807) is 0 Å². The van der Waals surface area contributed by atoms with E-state index in [0.29, 0.717) is 0 Å². The second-order valence-corrected chi connectivity index (χ2v) is 5.56. The number of hydrogen-bond acceptors (Lipinski definition) is 2. The van der Waals surface area contributed by atoms with E-state index in [-0.39, 0.29) is 11.9 Å². The van der Waals surface area contributed by atoms with Gasteiger partial charge < -0.3 is 5.73 Å². The molecule has 1 aromatic carbocycles. The molecular weight excluding hydrogens is 224 g/mol. The molecule has 3 heteroatoms. The molecule has 1 amide bonds. The van der Waals surface area contributed by atoms with E-state index < -0.39 is 5.54 Å². The van der Waals surface area contributed by atoms with Crippen molar-refractivity contribution >= 4 is 5.91 Å². The Morgan fingerprint density at radius 1 is 1.22 bits per heavy atom. The van der Waals surface area contributed by atoms with Crippen LogP contribution in [0.5, 0.6) is 0 Å². The summed E-state index contributed by atoms with van der Waals surface area (Å²) in [6, 6.07) is 4.36. The molecule has 1 unspecified atom stereocenters. The van der Waals surface area contributed by atoms with Crippen molar-refractivity contribution in [2.75, 3.05) is 0 Å². The Morgan fingerprint density at radius 3 is 2.00 bits per heavy atom. The number of hydrogen-bond donors (Lipinski definition) is 2. The average Bonchev–Trinajstić information content (AvgIpc) is 2.13. The summed E-state index contributed by atoms with van der Waals surface area (Å²) < 4.78 is 0. The maximum absolute atomic E-state index is 11.9. The maximum atomic E-state index is 11.9. The lowest BCUT2D eigenvalue weighted by atomic mass is 9.83. The quantitative estimate of drug-likeness (QED) is 0.859. The summed E-state index contributed by atoms with van der Waals surface area (Å²) in [5.74, 6) is -0.341. The van der Waals surface area contributed by atoms with Crippen LogP contribution in [0.4, 0.5) is 0 Å². The fourth-order valence-corrected chi connectivity index (χ4v) is 2.81. The molecule has 3 N–H and O–H groups in total. The van der Waals surface area contributed by atoms with Gasteiger partial charge in [-0.05, 0) is 58.2 Å². The van der Waals surface area contributed by atoms with Gasteiger partial charge in [-0.25, -0.2) is 0 Å². The molecule has 0 fully saturated rings. The third-order valence-corrected chi connectivity index (χ3v) is 3.25. The minimum atomic E-state index is -0.823. The Kier molecular flexibility index (Phi) is 4.17. The van der Waals surface area contributed by atoms with Gasteiger partial charge >= 0.3 is 0 Å². The normalized spacial score (nSPS) is 14.6. The summed E-state index contributed by atoms with van der Waals surface area (Å²) in [5.41, 5.74) is 9.19. The number of amides is 1. The van der Waals surface area contributed by atoms with Crippen LogP contribution in [0.25, 0.3) is 0 Å². The van der Waals surface area contributed by atoms with E-state index >= 15 is 0 Å². The molecule has 3 nitrogen and oxygen atoms in total. The van der Waals surface area contributed by atoms with Gasteiger partial charge in [0.25, 0.3) is 0 Å². The molecule has 0 heterocycles. The first kappa shape index (κ1) is 14.7. The first-order valence-electron chi connectivity index (χ1n) is 6.34. The van der Waals surface area contributed by atoms with E-state index in [1.807, 2.05) is 34.6 Å². The van der Waals surface area contributed by atoms with E-state index in [4.69, 9.17) is 5.73 Å². The Balaban J connectivity index is 3.44. The van der Waals surface area contributed by atoms with Gasteiger partial charge in [-0.1, -0.05) is 17.7 Å². The van der Waals surface area contributed by atoms with Crippen molar-refractivity contribution in [2.24, 2.45) is 5.73 Å². The van der Waals surface area contributed by atoms with Gasteiger partial charge in [-0.15, -0.1) is 0 Å². The van der Waals surface area contributed by atoms with Crippen LogP contribution in [-0.2, 0) is 10.3 Å². The van der Waals surface area contributed by atoms with Gasteiger partial charge in [0.05, 0.1) is 0 Å². The van der Waals surface area contributed by atoms with Crippen molar-refractivity contribution in [3.05, 3.63) is 34.4 Å². The molecule has 0 aliphatic heterocycles. The highest BCUT2D eigenvalue weighted by molar-refractivity contribution is 5.86. The second kappa shape index (κ2) is 5.11. The molecule has 0 aliphatic rings. The molecule has 18 heavy (non-hydrogen) atoms. The molecule has 0 saturated heterocycles. The highest BCUT2D eigenvalue weighted by atomic mass is 16.1. The lowest BCUT2D eigenvalue weighted by molar-refractivity contribution is -0.124. The van der Waals surface area contributed by atoms with Crippen LogP contribution >= 0.6 is 0 Å². The zero-order valence-electron chi connectivity index (χ0n) is 12.2. The van der Waals surface area contributed by atoms with Crippen LogP contribution in [0.2, 0.25) is 0 Å². The van der Waals surface area contributed by atoms with Crippen molar-refractivity contribution in [1.29, 1.82) is 0 Å². The van der Waals surface area contributed by atoms with Crippen LogP contribution in [0.15, 0.2) is 12.1 Å². The topological polar surface area (TPSA) is 55.1 Å². The minimum absolute atomic E-state index is 0.183. The van der Waals surface area contributed by atoms with Crippen molar-refractivity contribution in [2.45, 2.75) is 53.1 Å². The number of nitrogens with one attached hydrogen (secondary N) is 1. The Bertz CT molecular complexity index is 443. The Hall–Kier alpha value is -1.35. The largest absolute Gasteiger partial charge is 0.368 e. The number of aryl methyl sites for hydroxylation is 3. The van der Waals surface area contributed by atoms with Crippen LogP contribution in [-0.4, -0.2) is 11.9 Å². The van der Waals surface area contributed by atoms with Crippen LogP contribution < -0.4 is 11.1 Å². The van der Waals surface area contributed by atoms with E-state index in [9.17, 15) is 4.79 Å². The number of benzene rings is 1. The zero-order valence-corrected chi connectivity index (χ0v) is 12.2. The molecule has 100 valence electrons. The van der Waals surface area contributed by atoms with Crippen molar-refractivity contribution in [3.8, 4) is 0 Å². The molecular formula is C15H24N2O. The van der Waals surface area contributed by atoms with Gasteiger partial charge in [0.15, 0.2) is 0 Å². The maximum Gasteiger partial charge on any atom is 0.242 e. The fraction of sp³-hybridized carbons (Fsp3) is 0.533. The van der Waals surface area contributed by atoms with Crippen molar-refractivity contribution in [1.82, 2.24) is 5.32 Å². The summed E-state index contributed by atoms with van der Waals surface area (Å²) in [5, 5.41) is 3.30. The molecule has 1 aromatic rings. The highest BCUT2D eigenvalue weighted by Gasteiger charge is 2.36. The van der Waals surface area contributed by atoms with Crippen LogP contribution in [0.1, 0.15) is 43.0 Å². The van der Waals surface area contributed by atoms with Crippen LogP contribution in [0.3, 0.4) is 0 Å². The second-order valence-electron chi connectivity index (χ2n) is 5.56. The molecule has 0 aliphatic carbocycles. The third-order valence-electron chi connectivity index (χ3n) is 3.25. The summed E-state index contributed by atoms with van der Waals surface area (Å²) in [4.78, 5) is 11.9. The van der Waals surface area contributed by atoms with Gasteiger partial charge in [0, 0.05) is 6.04 Å². The highest BCUT2D eigenvalue weighted by Crippen LogP contribution is 2.29. The number of nitrogens with two attached hydrogens (primary N) is 1. The van der Waals surface area contributed by atoms with Gasteiger partial charge in [-0.2, -0.15) is 0 Å². The smallest absolute Gasteiger partial charge is 0.242 e. The Morgan fingerprint density at radius 2 is 1.67 bits per heavy atom. The summed E-state index contributed by atoms with van der Waals surface area (Å²) in [6.45, 7) is 12.0. The van der Waals surface area contributed by atoms with Crippen LogP contribution in [0, 0.1) is 20.8 Å². The van der Waals surface area contributed by atoms with Gasteiger partial charge in [0.2, 0.25) is 5.91 Å². The average molecular weight is 248 g/mol. The molecule has 1 rings (SSSR count). The number of rotatable bonds is 4. The predicted octanol–water partition coefficient (Wildman–Crippen LogP) is 2.31. The minimum Gasteiger partial charge on any atom is -0.368 e. The summed E-state index contributed by atoms with van der Waals surface area (Å²) in [7, 11) is 0. The number of carbonyl (C=O) groups is 1. The molecule has 1 atom stereocenters. The number of carbonyl (C=O) groups excluding carboxylic acids is 1. The van der Waals surface area contributed by atoms with E-state index in [2.05, 4.69) is 24.4 Å². The standard InChI is InChI=1S/C15H24N2O/c1-9(2)17-15(6,14(16)18)13-11(4)7-10(3)8-12(13)5/h7-9,17H,1-6H3,(H2,16,18). The van der Waals surface area contributed by atoms with E-state index in [0.717, 1.165) is 16.7 Å². The van der Waals surface area contributed by atoms with Gasteiger partial charge in [0.1, 0.15) is 5.54 Å². The zero-order chi connectivity index (χ0) is 14.1. The van der Waals surface area contributed by atoms with Gasteiger partial charge in [-0.3, -0.25) is 10.1 Å². The summed E-state index contributed by atoms with van der Waals surface area (Å²) >= 11 is 0. The fourth-order valence-electron chi connectivity index (χ4n) is 2.81. The SMILES string of the molecule is Cc1cc(C)c(C(C)(NC(C)C)C(N)=O)c(C)c1. The number of primary amides is 1. The third kappa shape index (κ3) is 2.72. The monoisotopic (exact) mass is 248 g/mol. The first-order valence-corrected chi connectivity index (χ1v) is 6.34. The van der Waals surface area contributed by atoms with Crippen molar-refractivity contribution < 1.29 is 4.79 Å². The predicted molar refractivity (Wildman–Crippen MR) is 75.5 cm³/mol. The molecule has 0 spiro atoms. The van der Waals surface area contributed by atoms with Crippen molar-refractivity contribution in [3.63, 3.8) is 0 Å². The lowest BCUT2D eigenvalue weighted by Crippen LogP contribution is -2.53. The lowest BCUT2D eigenvalue weighted by Gasteiger charge is -2.33. The van der Waals surface area contributed by atoms with E-state index in [1.165, 1.54) is 5.56 Å². The Labute approximate surface area is 110 Å². The molecule has 0 aromatic heterocycles. The molecule has 0 radical (unpaired) electrons.